The number of likely N-dealkylation sites (tertiary alicyclic amines) is 1. The molecule has 2 rings (SSSR count). The number of likely N-dealkylation sites (N-methyl/N-ethyl adjacent to an activating group) is 1. The average Bonchev–Trinajstić information content (AvgIpc) is 2.66. The van der Waals surface area contributed by atoms with Gasteiger partial charge < -0.3 is 20.3 Å². The highest BCUT2D eigenvalue weighted by molar-refractivity contribution is 5.95. The molecule has 2 N–H and O–H groups in total. The molecule has 0 saturated carbocycles. The van der Waals surface area contributed by atoms with Crippen molar-refractivity contribution in [3.63, 3.8) is 0 Å². The summed E-state index contributed by atoms with van der Waals surface area (Å²) in [5.41, 5.74) is 2.35. The highest BCUT2D eigenvalue weighted by atomic mass is 35.5. The zero-order chi connectivity index (χ0) is 19.8. The maximum Gasteiger partial charge on any atom is 0.260 e. The number of hydrogen-bond donors (Lipinski definition) is 2. The van der Waals surface area contributed by atoms with Crippen LogP contribution in [-0.4, -0.2) is 55.5 Å². The molecule has 1 aliphatic rings. The first-order valence-electron chi connectivity index (χ1n) is 9.95. The number of aryl methyl sites for hydroxylation is 2. The van der Waals surface area contributed by atoms with Crippen LogP contribution in [0.25, 0.3) is 0 Å². The normalized spacial score (nSPS) is 14.8. The second-order valence-corrected chi connectivity index (χ2v) is 7.34. The van der Waals surface area contributed by atoms with Gasteiger partial charge in [0, 0.05) is 31.2 Å². The molecular weight excluding hydrogens is 378 g/mol. The minimum atomic E-state index is -0.0955. The number of piperidine rings is 1. The number of nitrogens with one attached hydrogen (secondary N) is 2. The van der Waals surface area contributed by atoms with Crippen LogP contribution >= 0.6 is 12.4 Å². The Bertz CT molecular complexity index is 637. The zero-order valence-corrected chi connectivity index (χ0v) is 18.3. The Hall–Kier alpha value is -1.79. The summed E-state index contributed by atoms with van der Waals surface area (Å²) >= 11 is 0. The zero-order valence-electron chi connectivity index (χ0n) is 17.5. The number of amides is 2. The summed E-state index contributed by atoms with van der Waals surface area (Å²) in [6.07, 6.45) is 3.33. The minimum absolute atomic E-state index is 0. The molecule has 1 aliphatic heterocycles. The predicted molar refractivity (Wildman–Crippen MR) is 115 cm³/mol. The molecule has 2 amide bonds. The van der Waals surface area contributed by atoms with Gasteiger partial charge >= 0.3 is 0 Å². The van der Waals surface area contributed by atoms with E-state index in [4.69, 9.17) is 4.74 Å². The third-order valence-electron chi connectivity index (χ3n) is 4.89. The molecule has 0 unspecified atom stereocenters. The Kier molecular flexibility index (Phi) is 10.3. The van der Waals surface area contributed by atoms with E-state index in [0.29, 0.717) is 17.9 Å². The average molecular weight is 412 g/mol. The first kappa shape index (κ1) is 24.2. The largest absolute Gasteiger partial charge is 0.483 e. The summed E-state index contributed by atoms with van der Waals surface area (Å²) in [6, 6.07) is 3.87. The van der Waals surface area contributed by atoms with E-state index in [1.807, 2.05) is 44.7 Å². The molecule has 0 radical (unpaired) electrons. The van der Waals surface area contributed by atoms with Gasteiger partial charge in [-0.15, -0.1) is 12.4 Å². The number of carbonyl (C=O) groups excluding carboxylic acids is 2. The maximum absolute atomic E-state index is 12.4. The topological polar surface area (TPSA) is 70.7 Å². The molecule has 28 heavy (non-hydrogen) atoms. The van der Waals surface area contributed by atoms with Gasteiger partial charge in [-0.05, 0) is 69.8 Å². The third kappa shape index (κ3) is 6.99. The summed E-state index contributed by atoms with van der Waals surface area (Å²) in [5, 5.41) is 6.22. The first-order chi connectivity index (χ1) is 12.9. The van der Waals surface area contributed by atoms with Crippen LogP contribution < -0.4 is 15.4 Å². The van der Waals surface area contributed by atoms with Crippen LogP contribution in [0.4, 0.5) is 0 Å². The second kappa shape index (κ2) is 11.9. The number of halogens is 1. The molecule has 1 aromatic carbocycles. The molecule has 0 aromatic heterocycles. The highest BCUT2D eigenvalue weighted by Crippen LogP contribution is 2.25. The van der Waals surface area contributed by atoms with Crippen molar-refractivity contribution in [2.24, 2.45) is 0 Å². The summed E-state index contributed by atoms with van der Waals surface area (Å²) in [7, 11) is 0. The predicted octanol–water partition coefficient (Wildman–Crippen LogP) is 2.84. The lowest BCUT2D eigenvalue weighted by atomic mass is 10.0. The summed E-state index contributed by atoms with van der Waals surface area (Å²) in [6.45, 7) is 11.0. The Morgan fingerprint density at radius 3 is 2.32 bits per heavy atom. The molecule has 1 heterocycles. The number of nitrogens with zero attached hydrogens (tertiary/aromatic N) is 1. The molecule has 0 spiro atoms. The molecule has 0 aliphatic carbocycles. The van der Waals surface area contributed by atoms with Gasteiger partial charge in [0.15, 0.2) is 6.61 Å². The molecule has 1 aromatic rings. The summed E-state index contributed by atoms with van der Waals surface area (Å²) in [4.78, 5) is 26.6. The Morgan fingerprint density at radius 1 is 1.14 bits per heavy atom. The standard InChI is InChI=1S/C21H33N3O3.ClH/c1-5-22-17(4)13-23-21(26)18-11-15(2)20(16(3)12-18)27-14-19(25)24-9-7-6-8-10-24;/h11-12,17,22H,5-10,13-14H2,1-4H3,(H,23,26);1H/t17-;/m1./s1. The molecular formula is C21H34ClN3O3. The fourth-order valence-electron chi connectivity index (χ4n) is 3.45. The number of ether oxygens (including phenoxy) is 1. The Labute approximate surface area is 174 Å². The van der Waals surface area contributed by atoms with Gasteiger partial charge in [-0.1, -0.05) is 6.92 Å². The lowest BCUT2D eigenvalue weighted by Gasteiger charge is -2.26. The van der Waals surface area contributed by atoms with Crippen LogP contribution in [0.5, 0.6) is 5.75 Å². The van der Waals surface area contributed by atoms with Crippen molar-refractivity contribution < 1.29 is 14.3 Å². The van der Waals surface area contributed by atoms with E-state index in [-0.39, 0.29) is 36.9 Å². The SMILES string of the molecule is CCN[C@H](C)CNC(=O)c1cc(C)c(OCC(=O)N2CCCCC2)c(C)c1.Cl. The molecule has 7 heteroatoms. The van der Waals surface area contributed by atoms with Crippen LogP contribution in [-0.2, 0) is 4.79 Å². The quantitative estimate of drug-likeness (QED) is 0.690. The second-order valence-electron chi connectivity index (χ2n) is 7.34. The van der Waals surface area contributed by atoms with Crippen LogP contribution in [0, 0.1) is 13.8 Å². The van der Waals surface area contributed by atoms with Gasteiger partial charge in [0.05, 0.1) is 0 Å². The van der Waals surface area contributed by atoms with Crippen LogP contribution in [0.3, 0.4) is 0 Å². The monoisotopic (exact) mass is 411 g/mol. The Balaban J connectivity index is 0.00000392. The lowest BCUT2D eigenvalue weighted by molar-refractivity contribution is -0.134. The smallest absolute Gasteiger partial charge is 0.260 e. The Morgan fingerprint density at radius 2 is 1.75 bits per heavy atom. The fraction of sp³-hybridized carbons (Fsp3) is 0.619. The molecule has 1 fully saturated rings. The number of carbonyl (C=O) groups is 2. The number of rotatable bonds is 8. The van der Waals surface area contributed by atoms with E-state index in [9.17, 15) is 9.59 Å². The lowest BCUT2D eigenvalue weighted by Crippen LogP contribution is -2.39. The van der Waals surface area contributed by atoms with Crippen molar-refractivity contribution in [2.45, 2.75) is 53.0 Å². The molecule has 158 valence electrons. The molecule has 6 nitrogen and oxygen atoms in total. The molecule has 0 bridgehead atoms. The van der Waals surface area contributed by atoms with Gasteiger partial charge in [-0.2, -0.15) is 0 Å². The van der Waals surface area contributed by atoms with Crippen LogP contribution in [0.2, 0.25) is 0 Å². The van der Waals surface area contributed by atoms with Crippen molar-refractivity contribution >= 4 is 24.2 Å². The van der Waals surface area contributed by atoms with Crippen molar-refractivity contribution in [1.29, 1.82) is 0 Å². The van der Waals surface area contributed by atoms with Gasteiger partial charge in [-0.3, -0.25) is 9.59 Å². The van der Waals surface area contributed by atoms with E-state index < -0.39 is 0 Å². The van der Waals surface area contributed by atoms with E-state index in [0.717, 1.165) is 43.6 Å². The fourth-order valence-corrected chi connectivity index (χ4v) is 3.45. The maximum atomic E-state index is 12.4. The van der Waals surface area contributed by atoms with Gasteiger partial charge in [-0.25, -0.2) is 0 Å². The van der Waals surface area contributed by atoms with Crippen molar-refractivity contribution in [3.8, 4) is 5.75 Å². The van der Waals surface area contributed by atoms with Crippen LogP contribution in [0.1, 0.15) is 54.6 Å². The van der Waals surface area contributed by atoms with Crippen molar-refractivity contribution in [3.05, 3.63) is 28.8 Å². The van der Waals surface area contributed by atoms with Crippen LogP contribution in [0.15, 0.2) is 12.1 Å². The van der Waals surface area contributed by atoms with E-state index in [2.05, 4.69) is 10.6 Å². The summed E-state index contributed by atoms with van der Waals surface area (Å²) in [5.74, 6) is 0.632. The summed E-state index contributed by atoms with van der Waals surface area (Å²) < 4.78 is 5.81. The minimum Gasteiger partial charge on any atom is -0.483 e. The number of hydrogen-bond acceptors (Lipinski definition) is 4. The van der Waals surface area contributed by atoms with E-state index >= 15 is 0 Å². The van der Waals surface area contributed by atoms with Crippen molar-refractivity contribution in [1.82, 2.24) is 15.5 Å². The van der Waals surface area contributed by atoms with Gasteiger partial charge in [0.25, 0.3) is 11.8 Å². The van der Waals surface area contributed by atoms with Crippen molar-refractivity contribution in [2.75, 3.05) is 32.8 Å². The highest BCUT2D eigenvalue weighted by Gasteiger charge is 2.18. The third-order valence-corrected chi connectivity index (χ3v) is 4.89. The van der Waals surface area contributed by atoms with E-state index in [1.165, 1.54) is 6.42 Å². The first-order valence-corrected chi connectivity index (χ1v) is 9.95. The van der Waals surface area contributed by atoms with Gasteiger partial charge in [0.1, 0.15) is 5.75 Å². The van der Waals surface area contributed by atoms with Gasteiger partial charge in [0.2, 0.25) is 0 Å². The molecule has 1 saturated heterocycles. The molecule has 1 atom stereocenters. The van der Waals surface area contributed by atoms with E-state index in [1.54, 1.807) is 0 Å². The number of benzene rings is 1.